The third-order valence-electron chi connectivity index (χ3n) is 3.13. The minimum Gasteiger partial charge on any atom is -0.494 e. The Kier molecular flexibility index (Phi) is 9.09. The number of nitrogens with one attached hydrogen (secondary N) is 2. The first-order chi connectivity index (χ1) is 10.3. The van der Waals surface area contributed by atoms with Gasteiger partial charge in [0.15, 0.2) is 0 Å². The van der Waals surface area contributed by atoms with Crippen LogP contribution in [0.1, 0.15) is 46.0 Å². The van der Waals surface area contributed by atoms with E-state index in [9.17, 15) is 4.79 Å². The molecule has 1 aromatic rings. The Balaban J connectivity index is 2.29. The lowest BCUT2D eigenvalue weighted by atomic mass is 10.2. The van der Waals surface area contributed by atoms with Crippen LogP contribution in [-0.2, 0) is 4.79 Å². The summed E-state index contributed by atoms with van der Waals surface area (Å²) in [7, 11) is 0. The van der Waals surface area contributed by atoms with Crippen LogP contribution in [0, 0.1) is 0 Å². The van der Waals surface area contributed by atoms with Crippen molar-refractivity contribution in [1.29, 1.82) is 0 Å². The van der Waals surface area contributed by atoms with E-state index in [2.05, 4.69) is 17.6 Å². The first-order valence-electron chi connectivity index (χ1n) is 7.99. The zero-order chi connectivity index (χ0) is 15.3. The van der Waals surface area contributed by atoms with Gasteiger partial charge in [-0.15, -0.1) is 0 Å². The Hall–Kier alpha value is -1.71. The van der Waals surface area contributed by atoms with Crippen molar-refractivity contribution >= 4 is 11.6 Å². The molecule has 21 heavy (non-hydrogen) atoms. The van der Waals surface area contributed by atoms with Crippen LogP contribution in [0.15, 0.2) is 24.3 Å². The van der Waals surface area contributed by atoms with Crippen molar-refractivity contribution in [2.24, 2.45) is 0 Å². The molecule has 0 aromatic heterocycles. The van der Waals surface area contributed by atoms with Crippen LogP contribution in [-0.4, -0.2) is 25.6 Å². The molecule has 0 aliphatic rings. The maximum Gasteiger partial charge on any atom is 0.239 e. The molecule has 0 heterocycles. The summed E-state index contributed by atoms with van der Waals surface area (Å²) in [4.78, 5) is 11.5. The molecule has 0 aliphatic heterocycles. The molecule has 2 N–H and O–H groups in total. The number of anilines is 1. The second-order valence-corrected chi connectivity index (χ2v) is 5.14. The highest BCUT2D eigenvalue weighted by Gasteiger charge is 2.01. The average Bonchev–Trinajstić information content (AvgIpc) is 2.51. The summed E-state index contributed by atoms with van der Waals surface area (Å²) in [6.07, 6.45) is 5.75. The molecule has 0 atom stereocenters. The Morgan fingerprint density at radius 3 is 2.76 bits per heavy atom. The monoisotopic (exact) mass is 292 g/mol. The number of amides is 1. The Labute approximate surface area is 128 Å². The molecular formula is C17H28N2O2. The summed E-state index contributed by atoms with van der Waals surface area (Å²) in [6, 6.07) is 7.76. The van der Waals surface area contributed by atoms with E-state index in [1.165, 1.54) is 19.3 Å². The van der Waals surface area contributed by atoms with E-state index in [-0.39, 0.29) is 5.91 Å². The standard InChI is InChI=1S/C17H28N2O2/c1-3-5-6-7-12-21-16-10-8-9-15(13-16)19-14-17(20)18-11-4-2/h8-10,13,19H,3-7,11-12,14H2,1-2H3,(H,18,20). The molecule has 0 bridgehead atoms. The fourth-order valence-electron chi connectivity index (χ4n) is 1.92. The minimum absolute atomic E-state index is 0.0164. The van der Waals surface area contributed by atoms with Crippen LogP contribution in [0.3, 0.4) is 0 Å². The van der Waals surface area contributed by atoms with Gasteiger partial charge in [0.25, 0.3) is 0 Å². The van der Waals surface area contributed by atoms with E-state index in [4.69, 9.17) is 4.74 Å². The van der Waals surface area contributed by atoms with Gasteiger partial charge >= 0.3 is 0 Å². The fraction of sp³-hybridized carbons (Fsp3) is 0.588. The van der Waals surface area contributed by atoms with E-state index in [0.29, 0.717) is 6.54 Å². The third-order valence-corrected chi connectivity index (χ3v) is 3.13. The molecule has 4 nitrogen and oxygen atoms in total. The number of ether oxygens (including phenoxy) is 1. The summed E-state index contributed by atoms with van der Waals surface area (Å²) in [5.41, 5.74) is 0.910. The molecule has 0 saturated heterocycles. The summed E-state index contributed by atoms with van der Waals surface area (Å²) >= 11 is 0. The van der Waals surface area contributed by atoms with Crippen molar-refractivity contribution in [1.82, 2.24) is 5.32 Å². The number of carbonyl (C=O) groups is 1. The highest BCUT2D eigenvalue weighted by molar-refractivity contribution is 5.80. The van der Waals surface area contributed by atoms with Crippen LogP contribution in [0.4, 0.5) is 5.69 Å². The van der Waals surface area contributed by atoms with Gasteiger partial charge in [-0.2, -0.15) is 0 Å². The van der Waals surface area contributed by atoms with Crippen molar-refractivity contribution in [2.45, 2.75) is 46.0 Å². The van der Waals surface area contributed by atoms with E-state index in [0.717, 1.165) is 37.4 Å². The first kappa shape index (κ1) is 17.3. The summed E-state index contributed by atoms with van der Waals surface area (Å²) in [6.45, 7) is 6.00. The zero-order valence-electron chi connectivity index (χ0n) is 13.3. The van der Waals surface area contributed by atoms with Gasteiger partial charge in [0, 0.05) is 18.3 Å². The normalized spacial score (nSPS) is 10.2. The van der Waals surface area contributed by atoms with Crippen molar-refractivity contribution in [2.75, 3.05) is 25.0 Å². The Bertz CT molecular complexity index is 408. The highest BCUT2D eigenvalue weighted by atomic mass is 16.5. The number of unbranched alkanes of at least 4 members (excludes halogenated alkanes) is 3. The van der Waals surface area contributed by atoms with Crippen LogP contribution in [0.5, 0.6) is 5.75 Å². The van der Waals surface area contributed by atoms with Crippen molar-refractivity contribution in [3.8, 4) is 5.75 Å². The Morgan fingerprint density at radius 1 is 1.14 bits per heavy atom. The topological polar surface area (TPSA) is 50.4 Å². The molecule has 0 spiro atoms. The smallest absolute Gasteiger partial charge is 0.239 e. The number of benzene rings is 1. The van der Waals surface area contributed by atoms with Gasteiger partial charge in [-0.25, -0.2) is 0 Å². The molecule has 0 radical (unpaired) electrons. The average molecular weight is 292 g/mol. The molecule has 0 unspecified atom stereocenters. The number of hydrogen-bond donors (Lipinski definition) is 2. The molecule has 118 valence electrons. The summed E-state index contributed by atoms with van der Waals surface area (Å²) in [5, 5.41) is 5.95. The molecule has 4 heteroatoms. The third kappa shape index (κ3) is 8.23. The van der Waals surface area contributed by atoms with E-state index in [1.807, 2.05) is 31.2 Å². The van der Waals surface area contributed by atoms with Crippen molar-refractivity contribution < 1.29 is 9.53 Å². The zero-order valence-corrected chi connectivity index (χ0v) is 13.3. The van der Waals surface area contributed by atoms with Crippen LogP contribution < -0.4 is 15.4 Å². The van der Waals surface area contributed by atoms with Gasteiger partial charge in [0.1, 0.15) is 5.75 Å². The summed E-state index contributed by atoms with van der Waals surface area (Å²) in [5.74, 6) is 0.869. The van der Waals surface area contributed by atoms with Crippen LogP contribution in [0.25, 0.3) is 0 Å². The van der Waals surface area contributed by atoms with Gasteiger partial charge in [-0.1, -0.05) is 39.2 Å². The van der Waals surface area contributed by atoms with Gasteiger partial charge in [-0.3, -0.25) is 4.79 Å². The maximum atomic E-state index is 11.5. The molecule has 1 aromatic carbocycles. The number of rotatable bonds is 11. The van der Waals surface area contributed by atoms with Gasteiger partial charge in [0.05, 0.1) is 13.2 Å². The van der Waals surface area contributed by atoms with Gasteiger partial charge < -0.3 is 15.4 Å². The van der Waals surface area contributed by atoms with Gasteiger partial charge in [-0.05, 0) is 25.0 Å². The molecule has 0 saturated carbocycles. The van der Waals surface area contributed by atoms with E-state index < -0.39 is 0 Å². The second kappa shape index (κ2) is 11.0. The maximum absolute atomic E-state index is 11.5. The SMILES string of the molecule is CCCCCCOc1cccc(NCC(=O)NCCC)c1. The van der Waals surface area contributed by atoms with Crippen molar-refractivity contribution in [3.63, 3.8) is 0 Å². The number of carbonyl (C=O) groups excluding carboxylic acids is 1. The van der Waals surface area contributed by atoms with Crippen LogP contribution in [0.2, 0.25) is 0 Å². The second-order valence-electron chi connectivity index (χ2n) is 5.14. The quantitative estimate of drug-likeness (QED) is 0.613. The number of hydrogen-bond acceptors (Lipinski definition) is 3. The molecular weight excluding hydrogens is 264 g/mol. The van der Waals surface area contributed by atoms with Crippen LogP contribution >= 0.6 is 0 Å². The van der Waals surface area contributed by atoms with Crippen molar-refractivity contribution in [3.05, 3.63) is 24.3 Å². The summed E-state index contributed by atoms with van der Waals surface area (Å²) < 4.78 is 5.72. The largest absolute Gasteiger partial charge is 0.494 e. The molecule has 0 fully saturated rings. The molecule has 0 aliphatic carbocycles. The lowest BCUT2D eigenvalue weighted by Gasteiger charge is -2.10. The van der Waals surface area contributed by atoms with E-state index >= 15 is 0 Å². The highest BCUT2D eigenvalue weighted by Crippen LogP contribution is 2.17. The fourth-order valence-corrected chi connectivity index (χ4v) is 1.92. The van der Waals surface area contributed by atoms with E-state index in [1.54, 1.807) is 0 Å². The van der Waals surface area contributed by atoms with Gasteiger partial charge in [0.2, 0.25) is 5.91 Å². The Morgan fingerprint density at radius 2 is 2.00 bits per heavy atom. The first-order valence-corrected chi connectivity index (χ1v) is 7.99. The predicted molar refractivity (Wildman–Crippen MR) is 87.9 cm³/mol. The lowest BCUT2D eigenvalue weighted by molar-refractivity contribution is -0.119. The molecule has 1 amide bonds. The molecule has 1 rings (SSSR count). The lowest BCUT2D eigenvalue weighted by Crippen LogP contribution is -2.30. The minimum atomic E-state index is 0.0164. The predicted octanol–water partition coefficient (Wildman–Crippen LogP) is 3.58.